The first kappa shape index (κ1) is 24.3. The van der Waals surface area contributed by atoms with Crippen molar-refractivity contribution >= 4 is 6.21 Å². The third kappa shape index (κ3) is 7.35. The number of ether oxygens (including phenoxy) is 3. The number of aryl methyl sites for hydroxylation is 2. The van der Waals surface area contributed by atoms with Gasteiger partial charge in [0, 0.05) is 0 Å². The van der Waals surface area contributed by atoms with Gasteiger partial charge in [0.2, 0.25) is 0 Å². The molecule has 2 aromatic carbocycles. The topological polar surface area (TPSA) is 49.3 Å². The fourth-order valence-corrected chi connectivity index (χ4v) is 3.25. The van der Waals surface area contributed by atoms with Crippen molar-refractivity contribution in [3.05, 3.63) is 64.2 Å². The van der Waals surface area contributed by atoms with Crippen molar-refractivity contribution < 1.29 is 19.0 Å². The van der Waals surface area contributed by atoms with Crippen LogP contribution in [0.4, 0.5) is 0 Å². The SMILES string of the molecule is C/C=C/COc1cc(C)c(OCCCCOc2ccc(C=NOC)c(C)c2C)c(C)c1. The molecule has 0 saturated heterocycles. The Labute approximate surface area is 186 Å². The molecule has 168 valence electrons. The molecule has 0 atom stereocenters. The maximum Gasteiger partial charge on any atom is 0.125 e. The van der Waals surface area contributed by atoms with Gasteiger partial charge in [-0.3, -0.25) is 0 Å². The Morgan fingerprint density at radius 3 is 2.19 bits per heavy atom. The average molecular weight is 426 g/mol. The number of hydrogen-bond donors (Lipinski definition) is 0. The van der Waals surface area contributed by atoms with Crippen molar-refractivity contribution in [1.29, 1.82) is 0 Å². The lowest BCUT2D eigenvalue weighted by Crippen LogP contribution is -2.05. The number of oxime groups is 1. The van der Waals surface area contributed by atoms with Gasteiger partial charge >= 0.3 is 0 Å². The maximum absolute atomic E-state index is 6.05. The van der Waals surface area contributed by atoms with Crippen LogP contribution in [0.5, 0.6) is 17.2 Å². The summed E-state index contributed by atoms with van der Waals surface area (Å²) in [5, 5.41) is 3.84. The second-order valence-electron chi connectivity index (χ2n) is 7.49. The zero-order valence-electron chi connectivity index (χ0n) is 19.7. The molecular weight excluding hydrogens is 390 g/mol. The van der Waals surface area contributed by atoms with Crippen molar-refractivity contribution in [2.45, 2.75) is 47.5 Å². The normalized spacial score (nSPS) is 11.3. The van der Waals surface area contributed by atoms with Gasteiger partial charge in [-0.15, -0.1) is 0 Å². The highest BCUT2D eigenvalue weighted by Crippen LogP contribution is 2.29. The van der Waals surface area contributed by atoms with E-state index < -0.39 is 0 Å². The minimum Gasteiger partial charge on any atom is -0.493 e. The van der Waals surface area contributed by atoms with E-state index in [2.05, 4.69) is 32.9 Å². The van der Waals surface area contributed by atoms with Gasteiger partial charge in [-0.1, -0.05) is 17.3 Å². The van der Waals surface area contributed by atoms with Gasteiger partial charge in [0.05, 0.1) is 19.4 Å². The summed E-state index contributed by atoms with van der Waals surface area (Å²) in [6, 6.07) is 8.05. The largest absolute Gasteiger partial charge is 0.493 e. The molecule has 0 unspecified atom stereocenters. The molecule has 0 saturated carbocycles. The third-order valence-corrected chi connectivity index (χ3v) is 5.13. The number of benzene rings is 2. The second kappa shape index (κ2) is 12.7. The molecule has 0 amide bonds. The monoisotopic (exact) mass is 425 g/mol. The summed E-state index contributed by atoms with van der Waals surface area (Å²) < 4.78 is 17.8. The molecule has 2 aromatic rings. The third-order valence-electron chi connectivity index (χ3n) is 5.13. The summed E-state index contributed by atoms with van der Waals surface area (Å²) in [4.78, 5) is 4.76. The van der Waals surface area contributed by atoms with Crippen LogP contribution in [0.2, 0.25) is 0 Å². The van der Waals surface area contributed by atoms with Crippen LogP contribution in [0.15, 0.2) is 41.6 Å². The maximum atomic E-state index is 6.05. The summed E-state index contributed by atoms with van der Waals surface area (Å²) in [5.74, 6) is 2.73. The van der Waals surface area contributed by atoms with E-state index in [1.165, 1.54) is 0 Å². The van der Waals surface area contributed by atoms with E-state index in [1.807, 2.05) is 43.3 Å². The molecular formula is C26H35NO4. The average Bonchev–Trinajstić information content (AvgIpc) is 2.74. The van der Waals surface area contributed by atoms with Crippen LogP contribution in [0.25, 0.3) is 0 Å². The van der Waals surface area contributed by atoms with E-state index in [1.54, 1.807) is 13.3 Å². The Morgan fingerprint density at radius 1 is 0.871 bits per heavy atom. The predicted molar refractivity (Wildman–Crippen MR) is 127 cm³/mol. The number of hydrogen-bond acceptors (Lipinski definition) is 5. The number of allylic oxidation sites excluding steroid dienone is 1. The molecule has 0 N–H and O–H groups in total. The zero-order valence-corrected chi connectivity index (χ0v) is 19.7. The van der Waals surface area contributed by atoms with Crippen LogP contribution >= 0.6 is 0 Å². The Kier molecular flexibility index (Phi) is 9.95. The first-order valence-corrected chi connectivity index (χ1v) is 10.8. The minimum absolute atomic E-state index is 0.581. The van der Waals surface area contributed by atoms with Gasteiger partial charge in [-0.25, -0.2) is 0 Å². The van der Waals surface area contributed by atoms with Crippen molar-refractivity contribution in [2.24, 2.45) is 5.16 Å². The number of rotatable bonds is 12. The molecule has 0 aromatic heterocycles. The summed E-state index contributed by atoms with van der Waals surface area (Å²) in [5.41, 5.74) is 5.49. The van der Waals surface area contributed by atoms with Gasteiger partial charge in [-0.05, 0) is 99.5 Å². The minimum atomic E-state index is 0.581. The molecule has 0 fully saturated rings. The molecule has 0 aliphatic carbocycles. The first-order chi connectivity index (χ1) is 15.0. The van der Waals surface area contributed by atoms with E-state index in [-0.39, 0.29) is 0 Å². The Morgan fingerprint density at radius 2 is 1.55 bits per heavy atom. The van der Waals surface area contributed by atoms with Gasteiger partial charge < -0.3 is 19.0 Å². The smallest absolute Gasteiger partial charge is 0.125 e. The highest BCUT2D eigenvalue weighted by molar-refractivity contribution is 5.82. The van der Waals surface area contributed by atoms with Crippen LogP contribution in [0.1, 0.15) is 47.6 Å². The molecule has 0 aliphatic heterocycles. The highest BCUT2D eigenvalue weighted by atomic mass is 16.6. The fraction of sp³-hybridized carbons (Fsp3) is 0.423. The quantitative estimate of drug-likeness (QED) is 0.179. The van der Waals surface area contributed by atoms with E-state index in [4.69, 9.17) is 19.0 Å². The standard InChI is InChI=1S/C26H35NO4/c1-7-8-13-29-24-16-19(2)26(20(3)17-24)31-15-10-9-14-30-25-12-11-23(18-27-28-6)21(4)22(25)5/h7-8,11-12,16-18H,9-10,13-15H2,1-6H3/b8-7+,27-18?. The summed E-state index contributed by atoms with van der Waals surface area (Å²) in [6.07, 6.45) is 7.54. The molecule has 5 nitrogen and oxygen atoms in total. The van der Waals surface area contributed by atoms with Crippen LogP contribution in [0.3, 0.4) is 0 Å². The molecule has 5 heteroatoms. The lowest BCUT2D eigenvalue weighted by atomic mass is 10.0. The zero-order chi connectivity index (χ0) is 22.6. The molecule has 0 heterocycles. The predicted octanol–water partition coefficient (Wildman–Crippen LogP) is 6.09. The second-order valence-corrected chi connectivity index (χ2v) is 7.49. The Balaban J connectivity index is 1.79. The highest BCUT2D eigenvalue weighted by Gasteiger charge is 2.08. The molecule has 2 rings (SSSR count). The molecule has 0 bridgehead atoms. The fourth-order valence-electron chi connectivity index (χ4n) is 3.25. The van der Waals surface area contributed by atoms with E-state index >= 15 is 0 Å². The lowest BCUT2D eigenvalue weighted by molar-refractivity contribution is 0.215. The lowest BCUT2D eigenvalue weighted by Gasteiger charge is -2.15. The first-order valence-electron chi connectivity index (χ1n) is 10.8. The van der Waals surface area contributed by atoms with Crippen molar-refractivity contribution in [3.63, 3.8) is 0 Å². The van der Waals surface area contributed by atoms with Gasteiger partial charge in [0.15, 0.2) is 0 Å². The van der Waals surface area contributed by atoms with Gasteiger partial charge in [0.25, 0.3) is 0 Å². The van der Waals surface area contributed by atoms with Crippen molar-refractivity contribution in [2.75, 3.05) is 26.9 Å². The van der Waals surface area contributed by atoms with E-state index in [9.17, 15) is 0 Å². The van der Waals surface area contributed by atoms with Crippen molar-refractivity contribution in [3.8, 4) is 17.2 Å². The molecule has 0 aliphatic rings. The molecule has 0 radical (unpaired) electrons. The van der Waals surface area contributed by atoms with Crippen LogP contribution in [-0.2, 0) is 4.84 Å². The Bertz CT molecular complexity index is 880. The number of nitrogens with zero attached hydrogens (tertiary/aromatic N) is 1. The Hall–Kier alpha value is -2.95. The van der Waals surface area contributed by atoms with Crippen LogP contribution < -0.4 is 14.2 Å². The number of unbranched alkanes of at least 4 members (excludes halogenated alkanes) is 1. The van der Waals surface area contributed by atoms with Crippen LogP contribution in [0, 0.1) is 27.7 Å². The van der Waals surface area contributed by atoms with Gasteiger partial charge in [0.1, 0.15) is 31.0 Å². The molecule has 0 spiro atoms. The van der Waals surface area contributed by atoms with E-state index in [0.717, 1.165) is 57.9 Å². The van der Waals surface area contributed by atoms with E-state index in [0.29, 0.717) is 19.8 Å². The van der Waals surface area contributed by atoms with Crippen LogP contribution in [-0.4, -0.2) is 33.1 Å². The summed E-state index contributed by atoms with van der Waals surface area (Å²) >= 11 is 0. The van der Waals surface area contributed by atoms with Gasteiger partial charge in [-0.2, -0.15) is 0 Å². The van der Waals surface area contributed by atoms with Crippen molar-refractivity contribution in [1.82, 2.24) is 0 Å². The summed E-state index contributed by atoms with van der Waals surface area (Å²) in [6.45, 7) is 12.1. The molecule has 31 heavy (non-hydrogen) atoms. The summed E-state index contributed by atoms with van der Waals surface area (Å²) in [7, 11) is 1.54.